The van der Waals surface area contributed by atoms with E-state index in [1.807, 2.05) is 60.7 Å². The molecule has 0 unspecified atom stereocenters. The molecule has 126 valence electrons. The minimum absolute atomic E-state index is 0.0810. The Labute approximate surface area is 141 Å². The molecule has 0 radical (unpaired) electrons. The van der Waals surface area contributed by atoms with Crippen LogP contribution in [0.25, 0.3) is 0 Å². The van der Waals surface area contributed by atoms with Crippen molar-refractivity contribution in [3.8, 4) is 0 Å². The average molecular weight is 326 g/mol. The van der Waals surface area contributed by atoms with Crippen LogP contribution in [0.4, 0.5) is 4.79 Å². The quantitative estimate of drug-likeness (QED) is 0.791. The van der Waals surface area contributed by atoms with Gasteiger partial charge in [-0.2, -0.15) is 0 Å². The monoisotopic (exact) mass is 326 g/mol. The third-order valence-corrected chi connectivity index (χ3v) is 4.23. The summed E-state index contributed by atoms with van der Waals surface area (Å²) in [6, 6.07) is 18.5. The van der Waals surface area contributed by atoms with Gasteiger partial charge in [0.2, 0.25) is 0 Å². The maximum atomic E-state index is 12.3. The van der Waals surface area contributed by atoms with E-state index in [-0.39, 0.29) is 24.8 Å². The molecule has 0 bridgehead atoms. The SMILES string of the molecule is O=C(N[C@@H](CO)c1ccccc1)N[C@@H]1CCO[C@@H]1c1ccccc1. The standard InChI is InChI=1S/C19H22N2O3/c22-13-17(14-7-3-1-4-8-14)21-19(23)20-16-11-12-24-18(16)15-9-5-2-6-10-15/h1-10,16-18,22H,11-13H2,(H2,20,21,23)/t16-,17+,18-/m1/s1. The Bertz CT molecular complexity index is 648. The van der Waals surface area contributed by atoms with Crippen molar-refractivity contribution in [2.75, 3.05) is 13.2 Å². The maximum absolute atomic E-state index is 12.3. The summed E-state index contributed by atoms with van der Waals surface area (Å²) in [5.74, 6) is 0. The second kappa shape index (κ2) is 7.95. The lowest BCUT2D eigenvalue weighted by molar-refractivity contribution is 0.0996. The van der Waals surface area contributed by atoms with Gasteiger partial charge in [-0.1, -0.05) is 60.7 Å². The van der Waals surface area contributed by atoms with E-state index in [1.54, 1.807) is 0 Å². The Morgan fingerprint density at radius 3 is 2.46 bits per heavy atom. The maximum Gasteiger partial charge on any atom is 0.315 e. The van der Waals surface area contributed by atoms with Crippen molar-refractivity contribution in [3.05, 3.63) is 71.8 Å². The van der Waals surface area contributed by atoms with Crippen LogP contribution in [-0.4, -0.2) is 30.4 Å². The van der Waals surface area contributed by atoms with Crippen LogP contribution >= 0.6 is 0 Å². The molecule has 2 aromatic rings. The van der Waals surface area contributed by atoms with Crippen LogP contribution < -0.4 is 10.6 Å². The topological polar surface area (TPSA) is 70.6 Å². The number of rotatable bonds is 5. The molecule has 0 saturated carbocycles. The zero-order chi connectivity index (χ0) is 16.8. The Kier molecular flexibility index (Phi) is 5.46. The first-order chi connectivity index (χ1) is 11.8. The number of nitrogens with one attached hydrogen (secondary N) is 2. The van der Waals surface area contributed by atoms with Crippen molar-refractivity contribution < 1.29 is 14.6 Å². The highest BCUT2D eigenvalue weighted by molar-refractivity contribution is 5.75. The zero-order valence-corrected chi connectivity index (χ0v) is 13.4. The van der Waals surface area contributed by atoms with Gasteiger partial charge in [-0.3, -0.25) is 0 Å². The molecule has 3 rings (SSSR count). The fraction of sp³-hybridized carbons (Fsp3) is 0.316. The molecule has 1 fully saturated rings. The molecular weight excluding hydrogens is 304 g/mol. The van der Waals surface area contributed by atoms with Crippen molar-refractivity contribution >= 4 is 6.03 Å². The van der Waals surface area contributed by atoms with Gasteiger partial charge in [-0.25, -0.2) is 4.79 Å². The molecule has 3 N–H and O–H groups in total. The van der Waals surface area contributed by atoms with Crippen molar-refractivity contribution in [3.63, 3.8) is 0 Å². The largest absolute Gasteiger partial charge is 0.394 e. The summed E-state index contributed by atoms with van der Waals surface area (Å²) < 4.78 is 5.78. The third kappa shape index (κ3) is 3.93. The molecule has 2 aromatic carbocycles. The van der Waals surface area contributed by atoms with Crippen LogP contribution in [0.3, 0.4) is 0 Å². The third-order valence-electron chi connectivity index (χ3n) is 4.23. The van der Waals surface area contributed by atoms with E-state index in [9.17, 15) is 9.90 Å². The number of ether oxygens (including phenoxy) is 1. The van der Waals surface area contributed by atoms with E-state index in [1.165, 1.54) is 0 Å². The fourth-order valence-electron chi connectivity index (χ4n) is 3.00. The highest BCUT2D eigenvalue weighted by Crippen LogP contribution is 2.28. The van der Waals surface area contributed by atoms with Crippen LogP contribution in [0.1, 0.15) is 29.7 Å². The summed E-state index contributed by atoms with van der Waals surface area (Å²) in [6.07, 6.45) is 0.628. The molecule has 3 atom stereocenters. The number of urea groups is 1. The summed E-state index contributed by atoms with van der Waals surface area (Å²) in [7, 11) is 0. The van der Waals surface area contributed by atoms with Crippen LogP contribution in [0.5, 0.6) is 0 Å². The highest BCUT2D eigenvalue weighted by atomic mass is 16.5. The van der Waals surface area contributed by atoms with Crippen LogP contribution in [0, 0.1) is 0 Å². The van der Waals surface area contributed by atoms with E-state index in [4.69, 9.17) is 4.74 Å². The Morgan fingerprint density at radius 2 is 1.79 bits per heavy atom. The molecule has 5 heteroatoms. The molecule has 2 amide bonds. The number of aliphatic hydroxyl groups excluding tert-OH is 1. The molecule has 5 nitrogen and oxygen atoms in total. The smallest absolute Gasteiger partial charge is 0.315 e. The molecular formula is C19H22N2O3. The van der Waals surface area contributed by atoms with Gasteiger partial charge in [0.15, 0.2) is 0 Å². The highest BCUT2D eigenvalue weighted by Gasteiger charge is 2.31. The number of benzene rings is 2. The number of carbonyl (C=O) groups is 1. The van der Waals surface area contributed by atoms with Crippen molar-refractivity contribution in [1.82, 2.24) is 10.6 Å². The summed E-state index contributed by atoms with van der Waals surface area (Å²) in [5, 5.41) is 15.4. The number of carbonyl (C=O) groups excluding carboxylic acids is 1. The molecule has 0 aliphatic carbocycles. The number of amides is 2. The van der Waals surface area contributed by atoms with Gasteiger partial charge in [0.05, 0.1) is 18.7 Å². The van der Waals surface area contributed by atoms with Gasteiger partial charge in [0, 0.05) is 6.61 Å². The lowest BCUT2D eigenvalue weighted by Gasteiger charge is -2.23. The molecule has 0 aromatic heterocycles. The minimum Gasteiger partial charge on any atom is -0.394 e. The minimum atomic E-state index is -0.427. The summed E-state index contributed by atoms with van der Waals surface area (Å²) >= 11 is 0. The predicted octanol–water partition coefficient (Wildman–Crippen LogP) is 2.55. The number of hydrogen-bond acceptors (Lipinski definition) is 3. The molecule has 1 saturated heterocycles. The zero-order valence-electron chi connectivity index (χ0n) is 13.4. The number of hydrogen-bond donors (Lipinski definition) is 3. The van der Waals surface area contributed by atoms with E-state index >= 15 is 0 Å². The fourth-order valence-corrected chi connectivity index (χ4v) is 3.00. The number of aliphatic hydroxyl groups is 1. The normalized spacial score (nSPS) is 21.2. The van der Waals surface area contributed by atoms with E-state index < -0.39 is 6.04 Å². The van der Waals surface area contributed by atoms with E-state index in [0.717, 1.165) is 17.5 Å². The Hall–Kier alpha value is -2.37. The lowest BCUT2D eigenvalue weighted by atomic mass is 10.0. The van der Waals surface area contributed by atoms with Gasteiger partial charge in [0.25, 0.3) is 0 Å². The summed E-state index contributed by atoms with van der Waals surface area (Å²) in [5.41, 5.74) is 1.93. The van der Waals surface area contributed by atoms with Gasteiger partial charge in [-0.15, -0.1) is 0 Å². The Balaban J connectivity index is 1.61. The van der Waals surface area contributed by atoms with E-state index in [2.05, 4.69) is 10.6 Å². The lowest BCUT2D eigenvalue weighted by Crippen LogP contribution is -2.45. The van der Waals surface area contributed by atoms with Crippen molar-refractivity contribution in [2.45, 2.75) is 24.6 Å². The second-order valence-corrected chi connectivity index (χ2v) is 5.86. The van der Waals surface area contributed by atoms with Gasteiger partial charge >= 0.3 is 6.03 Å². The van der Waals surface area contributed by atoms with Crippen LogP contribution in [-0.2, 0) is 4.74 Å². The molecule has 1 aliphatic heterocycles. The van der Waals surface area contributed by atoms with Crippen molar-refractivity contribution in [1.29, 1.82) is 0 Å². The molecule has 1 heterocycles. The molecule has 24 heavy (non-hydrogen) atoms. The van der Waals surface area contributed by atoms with Gasteiger partial charge < -0.3 is 20.5 Å². The van der Waals surface area contributed by atoms with Crippen LogP contribution in [0.15, 0.2) is 60.7 Å². The first kappa shape index (κ1) is 16.5. The van der Waals surface area contributed by atoms with Crippen molar-refractivity contribution in [2.24, 2.45) is 0 Å². The average Bonchev–Trinajstić information content (AvgIpc) is 3.09. The summed E-state index contributed by atoms with van der Waals surface area (Å²) in [4.78, 5) is 12.3. The molecule has 0 spiro atoms. The predicted molar refractivity (Wildman–Crippen MR) is 91.5 cm³/mol. The Morgan fingerprint density at radius 1 is 1.12 bits per heavy atom. The first-order valence-electron chi connectivity index (χ1n) is 8.17. The first-order valence-corrected chi connectivity index (χ1v) is 8.17. The molecule has 1 aliphatic rings. The van der Waals surface area contributed by atoms with Gasteiger partial charge in [0.1, 0.15) is 6.10 Å². The second-order valence-electron chi connectivity index (χ2n) is 5.86. The van der Waals surface area contributed by atoms with Gasteiger partial charge in [-0.05, 0) is 17.5 Å². The summed E-state index contributed by atoms with van der Waals surface area (Å²) in [6.45, 7) is 0.466. The van der Waals surface area contributed by atoms with E-state index in [0.29, 0.717) is 6.61 Å². The van der Waals surface area contributed by atoms with Crippen LogP contribution in [0.2, 0.25) is 0 Å².